The molecule has 2 aliphatic rings. The average Bonchev–Trinajstić information content (AvgIpc) is 3.38. The molecule has 1 amide bonds. The number of carbonyl (C=O) groups is 2. The minimum absolute atomic E-state index is 0.00953. The Morgan fingerprint density at radius 2 is 1.76 bits per heavy atom. The van der Waals surface area contributed by atoms with Gasteiger partial charge in [-0.15, -0.1) is 0 Å². The molecular formula is C27H33N7O3. The molecule has 37 heavy (non-hydrogen) atoms. The molecular weight excluding hydrogens is 470 g/mol. The number of pyridine rings is 2. The second-order valence-corrected chi connectivity index (χ2v) is 10.3. The molecule has 0 spiro atoms. The lowest BCUT2D eigenvalue weighted by Crippen LogP contribution is -2.55. The van der Waals surface area contributed by atoms with Crippen molar-refractivity contribution in [2.45, 2.75) is 71.5 Å². The Balaban J connectivity index is 1.44. The van der Waals surface area contributed by atoms with Crippen molar-refractivity contribution >= 4 is 34.5 Å². The van der Waals surface area contributed by atoms with Crippen LogP contribution in [0.15, 0.2) is 29.3 Å². The van der Waals surface area contributed by atoms with E-state index in [1.165, 1.54) is 6.92 Å². The van der Waals surface area contributed by atoms with Gasteiger partial charge in [0.2, 0.25) is 5.95 Å². The van der Waals surface area contributed by atoms with E-state index in [9.17, 15) is 14.4 Å². The van der Waals surface area contributed by atoms with E-state index in [-0.39, 0.29) is 40.9 Å². The molecule has 0 radical (unpaired) electrons. The van der Waals surface area contributed by atoms with Crippen LogP contribution in [-0.2, 0) is 0 Å². The zero-order valence-corrected chi connectivity index (χ0v) is 21.7. The van der Waals surface area contributed by atoms with Gasteiger partial charge in [0.05, 0.1) is 11.1 Å². The predicted octanol–water partition coefficient (Wildman–Crippen LogP) is 3.38. The summed E-state index contributed by atoms with van der Waals surface area (Å²) in [7, 11) is 0. The summed E-state index contributed by atoms with van der Waals surface area (Å²) < 4.78 is 1.68. The fourth-order valence-electron chi connectivity index (χ4n) is 5.69. The molecule has 2 N–H and O–H groups in total. The van der Waals surface area contributed by atoms with E-state index in [0.29, 0.717) is 47.0 Å². The molecule has 3 aromatic heterocycles. The molecule has 1 aliphatic heterocycles. The van der Waals surface area contributed by atoms with Gasteiger partial charge in [-0.1, -0.05) is 12.8 Å². The summed E-state index contributed by atoms with van der Waals surface area (Å²) in [5.74, 6) is 0.496. The number of Topliss-reactive ketones (excluding diaryl/α,β-unsaturated/α-hetero) is 1. The number of nitrogens with zero attached hydrogens (tertiary/aromatic N) is 5. The van der Waals surface area contributed by atoms with Crippen LogP contribution in [0.5, 0.6) is 0 Å². The highest BCUT2D eigenvalue weighted by molar-refractivity contribution is 5.99. The zero-order valence-electron chi connectivity index (χ0n) is 21.7. The van der Waals surface area contributed by atoms with Crippen LogP contribution in [0.4, 0.5) is 11.8 Å². The molecule has 5 rings (SSSR count). The summed E-state index contributed by atoms with van der Waals surface area (Å²) in [4.78, 5) is 54.1. The fraction of sp³-hybridized carbons (Fsp3) is 0.481. The second kappa shape index (κ2) is 10.0. The first kappa shape index (κ1) is 25.0. The van der Waals surface area contributed by atoms with Gasteiger partial charge in [0.25, 0.3) is 11.5 Å². The number of ketones is 1. The van der Waals surface area contributed by atoms with Crippen LogP contribution in [0.25, 0.3) is 11.0 Å². The minimum Gasteiger partial charge on any atom is -0.335 e. The van der Waals surface area contributed by atoms with E-state index in [1.807, 2.05) is 4.90 Å². The fourth-order valence-corrected chi connectivity index (χ4v) is 5.69. The van der Waals surface area contributed by atoms with E-state index < -0.39 is 0 Å². The third-order valence-electron chi connectivity index (χ3n) is 7.35. The lowest BCUT2D eigenvalue weighted by Gasteiger charge is -2.36. The molecule has 1 saturated carbocycles. The van der Waals surface area contributed by atoms with Gasteiger partial charge in [0, 0.05) is 49.0 Å². The lowest BCUT2D eigenvalue weighted by atomic mass is 10.0. The predicted molar refractivity (Wildman–Crippen MR) is 142 cm³/mol. The number of hydrogen-bond donors (Lipinski definition) is 2. The summed E-state index contributed by atoms with van der Waals surface area (Å²) in [6.45, 7) is 8.64. The van der Waals surface area contributed by atoms with Crippen molar-refractivity contribution in [3.8, 4) is 0 Å². The largest absolute Gasteiger partial charge is 0.335 e. The van der Waals surface area contributed by atoms with E-state index in [0.717, 1.165) is 25.7 Å². The number of aryl methyl sites for hydroxylation is 1. The van der Waals surface area contributed by atoms with E-state index in [2.05, 4.69) is 34.4 Å². The molecule has 0 bridgehead atoms. The number of amides is 1. The van der Waals surface area contributed by atoms with Gasteiger partial charge in [-0.2, -0.15) is 4.98 Å². The van der Waals surface area contributed by atoms with Crippen molar-refractivity contribution in [1.29, 1.82) is 0 Å². The van der Waals surface area contributed by atoms with Gasteiger partial charge >= 0.3 is 0 Å². The third-order valence-corrected chi connectivity index (χ3v) is 7.35. The second-order valence-electron chi connectivity index (χ2n) is 10.3. The molecule has 1 aliphatic carbocycles. The normalized spacial score (nSPS) is 20.4. The molecule has 2 unspecified atom stereocenters. The van der Waals surface area contributed by atoms with E-state index in [4.69, 9.17) is 4.98 Å². The Kier molecular flexibility index (Phi) is 6.76. The van der Waals surface area contributed by atoms with Crippen LogP contribution in [0.2, 0.25) is 0 Å². The molecule has 1 saturated heterocycles. The number of carbonyl (C=O) groups excluding carboxylic acids is 2. The summed E-state index contributed by atoms with van der Waals surface area (Å²) in [6.07, 6.45) is 7.05. The first-order chi connectivity index (χ1) is 17.7. The van der Waals surface area contributed by atoms with Gasteiger partial charge in [0.1, 0.15) is 11.5 Å². The summed E-state index contributed by atoms with van der Waals surface area (Å²) in [5.41, 5.74) is 1.57. The topological polar surface area (TPSA) is 122 Å². The molecule has 3 aromatic rings. The van der Waals surface area contributed by atoms with Crippen LogP contribution in [0.3, 0.4) is 0 Å². The molecule has 0 aromatic carbocycles. The monoisotopic (exact) mass is 503 g/mol. The van der Waals surface area contributed by atoms with Crippen LogP contribution in [0.1, 0.15) is 78.8 Å². The molecule has 2 fully saturated rings. The molecule has 10 heteroatoms. The van der Waals surface area contributed by atoms with E-state index in [1.54, 1.807) is 36.0 Å². The number of rotatable bonds is 5. The first-order valence-corrected chi connectivity index (χ1v) is 12.9. The van der Waals surface area contributed by atoms with Crippen LogP contribution in [0, 0.1) is 6.92 Å². The van der Waals surface area contributed by atoms with Crippen molar-refractivity contribution < 1.29 is 9.59 Å². The number of hydrogen-bond acceptors (Lipinski definition) is 8. The van der Waals surface area contributed by atoms with Gasteiger partial charge in [-0.3, -0.25) is 19.0 Å². The highest BCUT2D eigenvalue weighted by atomic mass is 16.2. The quantitative estimate of drug-likeness (QED) is 0.508. The third kappa shape index (κ3) is 4.85. The number of nitrogens with one attached hydrogen (secondary N) is 2. The standard InChI is InChI=1S/C27H33N7O3/c1-15-13-33(14-16(2)30-15)25(36)19-9-10-22(28-11-19)31-27-29-12-21-17(3)23(18(4)35)26(37)34(24(21)32-27)20-7-5-6-8-20/h9-12,15-16,20,30H,5-8,13-14H2,1-4H3,(H,28,29,31,32). The Morgan fingerprint density at radius 1 is 1.05 bits per heavy atom. The average molecular weight is 504 g/mol. The highest BCUT2D eigenvalue weighted by Crippen LogP contribution is 2.32. The number of piperazine rings is 1. The Morgan fingerprint density at radius 3 is 2.38 bits per heavy atom. The Labute approximate surface area is 215 Å². The smallest absolute Gasteiger partial charge is 0.263 e. The van der Waals surface area contributed by atoms with Crippen LogP contribution in [-0.4, -0.2) is 61.3 Å². The van der Waals surface area contributed by atoms with Gasteiger partial charge in [0.15, 0.2) is 5.78 Å². The summed E-state index contributed by atoms with van der Waals surface area (Å²) in [6, 6.07) is 3.96. The lowest BCUT2D eigenvalue weighted by molar-refractivity contribution is 0.0673. The number of aromatic nitrogens is 4. The summed E-state index contributed by atoms with van der Waals surface area (Å²) in [5, 5.41) is 7.22. The minimum atomic E-state index is -0.286. The van der Waals surface area contributed by atoms with E-state index >= 15 is 0 Å². The van der Waals surface area contributed by atoms with Crippen molar-refractivity contribution in [2.24, 2.45) is 0 Å². The number of anilines is 2. The first-order valence-electron chi connectivity index (χ1n) is 12.9. The molecule has 194 valence electrons. The van der Waals surface area contributed by atoms with Gasteiger partial charge in [-0.05, 0) is 58.2 Å². The van der Waals surface area contributed by atoms with Gasteiger partial charge < -0.3 is 15.5 Å². The molecule has 10 nitrogen and oxygen atoms in total. The molecule has 2 atom stereocenters. The highest BCUT2D eigenvalue weighted by Gasteiger charge is 2.27. The maximum atomic E-state index is 13.4. The van der Waals surface area contributed by atoms with Crippen LogP contribution >= 0.6 is 0 Å². The Bertz CT molecular complexity index is 1400. The maximum absolute atomic E-state index is 13.4. The maximum Gasteiger partial charge on any atom is 0.263 e. The van der Waals surface area contributed by atoms with Crippen molar-refractivity contribution in [2.75, 3.05) is 18.4 Å². The summed E-state index contributed by atoms with van der Waals surface area (Å²) >= 11 is 0. The van der Waals surface area contributed by atoms with Crippen molar-refractivity contribution in [3.63, 3.8) is 0 Å². The Hall–Kier alpha value is -3.66. The molecule has 4 heterocycles. The SMILES string of the molecule is CC(=O)c1c(C)c2cnc(Nc3ccc(C(=O)N4CC(C)NC(C)C4)cn3)nc2n(C2CCCC2)c1=O. The van der Waals surface area contributed by atoms with Crippen LogP contribution < -0.4 is 16.2 Å². The van der Waals surface area contributed by atoms with Crippen molar-refractivity contribution in [1.82, 2.24) is 29.7 Å². The zero-order chi connectivity index (χ0) is 26.3. The number of fused-ring (bicyclic) bond motifs is 1. The van der Waals surface area contributed by atoms with Crippen molar-refractivity contribution in [3.05, 3.63) is 51.6 Å². The van der Waals surface area contributed by atoms with Gasteiger partial charge in [-0.25, -0.2) is 9.97 Å².